The number of sulfonamides is 1. The molecule has 1 unspecified atom stereocenters. The van der Waals surface area contributed by atoms with Gasteiger partial charge in [-0.15, -0.1) is 0 Å². The van der Waals surface area contributed by atoms with Gasteiger partial charge in [-0.1, -0.05) is 0 Å². The van der Waals surface area contributed by atoms with Crippen molar-refractivity contribution in [2.45, 2.75) is 25.8 Å². The zero-order chi connectivity index (χ0) is 13.7. The molecule has 6 heteroatoms. The van der Waals surface area contributed by atoms with Crippen molar-refractivity contribution in [2.75, 3.05) is 29.0 Å². The molecule has 1 aliphatic heterocycles. The van der Waals surface area contributed by atoms with Gasteiger partial charge in [-0.05, 0) is 44.0 Å². The smallest absolute Gasteiger partial charge is 0.232 e. The first-order chi connectivity index (χ1) is 9.09. The van der Waals surface area contributed by atoms with E-state index in [4.69, 9.17) is 4.74 Å². The lowest BCUT2D eigenvalue weighted by atomic mass is 10.1. The van der Waals surface area contributed by atoms with Gasteiger partial charge in [0.15, 0.2) is 0 Å². The van der Waals surface area contributed by atoms with E-state index in [0.717, 1.165) is 31.7 Å². The third kappa shape index (κ3) is 4.40. The van der Waals surface area contributed by atoms with E-state index < -0.39 is 10.0 Å². The number of hydrogen-bond acceptors (Lipinski definition) is 4. The van der Waals surface area contributed by atoms with Crippen molar-refractivity contribution in [3.05, 3.63) is 24.3 Å². The van der Waals surface area contributed by atoms with Gasteiger partial charge in [-0.2, -0.15) is 0 Å². The van der Waals surface area contributed by atoms with Crippen molar-refractivity contribution < 1.29 is 13.2 Å². The minimum Gasteiger partial charge on any atom is -0.380 e. The molecule has 2 N–H and O–H groups in total. The van der Waals surface area contributed by atoms with Gasteiger partial charge in [0, 0.05) is 24.0 Å². The molecule has 1 aromatic carbocycles. The van der Waals surface area contributed by atoms with E-state index in [1.54, 1.807) is 19.1 Å². The molecule has 106 valence electrons. The minimum atomic E-state index is -3.20. The predicted octanol–water partition coefficient (Wildman–Crippen LogP) is 2.04. The summed E-state index contributed by atoms with van der Waals surface area (Å²) in [5, 5.41) is 3.38. The van der Waals surface area contributed by atoms with E-state index in [2.05, 4.69) is 10.0 Å². The summed E-state index contributed by atoms with van der Waals surface area (Å²) < 4.78 is 30.8. The first-order valence-corrected chi connectivity index (χ1v) is 8.19. The van der Waals surface area contributed by atoms with Crippen molar-refractivity contribution in [1.29, 1.82) is 0 Å². The molecule has 0 amide bonds. The lowest BCUT2D eigenvalue weighted by Crippen LogP contribution is -2.29. The van der Waals surface area contributed by atoms with E-state index in [9.17, 15) is 8.42 Å². The number of nitrogens with one attached hydrogen (secondary N) is 2. The number of hydrogen-bond donors (Lipinski definition) is 2. The Hall–Kier alpha value is -1.27. The predicted molar refractivity (Wildman–Crippen MR) is 77.0 cm³/mol. The second-order valence-electron chi connectivity index (χ2n) is 4.64. The Morgan fingerprint density at radius 1 is 1.26 bits per heavy atom. The Morgan fingerprint density at radius 2 is 1.95 bits per heavy atom. The van der Waals surface area contributed by atoms with E-state index >= 15 is 0 Å². The summed E-state index contributed by atoms with van der Waals surface area (Å²) in [6, 6.07) is 7.62. The highest BCUT2D eigenvalue weighted by Crippen LogP contribution is 2.18. The highest BCUT2D eigenvalue weighted by molar-refractivity contribution is 7.92. The Balaban J connectivity index is 1.94. The monoisotopic (exact) mass is 284 g/mol. The van der Waals surface area contributed by atoms with Crippen LogP contribution in [0, 0.1) is 0 Å². The summed E-state index contributed by atoms with van der Waals surface area (Å²) in [5.74, 6) is 0.0758. The standard InChI is InChI=1S/C13H20N2O3S/c1-2-19(16,17)15-12-7-5-11(6-8-12)14-13-4-3-9-18-10-13/h5-8,13-15H,2-4,9-10H2,1H3. The summed E-state index contributed by atoms with van der Waals surface area (Å²) in [6.07, 6.45) is 2.18. The van der Waals surface area contributed by atoms with Gasteiger partial charge in [0.05, 0.1) is 12.4 Å². The molecule has 1 aliphatic rings. The van der Waals surface area contributed by atoms with Crippen LogP contribution >= 0.6 is 0 Å². The lowest BCUT2D eigenvalue weighted by Gasteiger charge is -2.24. The van der Waals surface area contributed by atoms with Crippen molar-refractivity contribution in [3.63, 3.8) is 0 Å². The molecule has 5 nitrogen and oxygen atoms in total. The average molecular weight is 284 g/mol. The van der Waals surface area contributed by atoms with Crippen molar-refractivity contribution >= 4 is 21.4 Å². The normalized spacial score (nSPS) is 19.9. The topological polar surface area (TPSA) is 67.4 Å². The lowest BCUT2D eigenvalue weighted by molar-refractivity contribution is 0.0876. The summed E-state index contributed by atoms with van der Waals surface area (Å²) >= 11 is 0. The number of anilines is 2. The summed E-state index contributed by atoms with van der Waals surface area (Å²) in [7, 11) is -3.20. The van der Waals surface area contributed by atoms with Crippen LogP contribution in [-0.4, -0.2) is 33.4 Å². The van der Waals surface area contributed by atoms with Gasteiger partial charge in [0.2, 0.25) is 10.0 Å². The molecule has 1 atom stereocenters. The van der Waals surface area contributed by atoms with E-state index in [0.29, 0.717) is 11.7 Å². The van der Waals surface area contributed by atoms with Gasteiger partial charge >= 0.3 is 0 Å². The number of benzene rings is 1. The molecular weight excluding hydrogens is 264 g/mol. The van der Waals surface area contributed by atoms with Crippen LogP contribution in [0.3, 0.4) is 0 Å². The van der Waals surface area contributed by atoms with Crippen LogP contribution in [0.5, 0.6) is 0 Å². The third-order valence-corrected chi connectivity index (χ3v) is 4.38. The fourth-order valence-corrected chi connectivity index (χ4v) is 2.62. The van der Waals surface area contributed by atoms with E-state index in [-0.39, 0.29) is 5.75 Å². The summed E-state index contributed by atoms with van der Waals surface area (Å²) in [6.45, 7) is 3.18. The van der Waals surface area contributed by atoms with Crippen molar-refractivity contribution in [1.82, 2.24) is 0 Å². The van der Waals surface area contributed by atoms with E-state index in [1.807, 2.05) is 12.1 Å². The number of rotatable bonds is 5. The first kappa shape index (κ1) is 14.1. The summed E-state index contributed by atoms with van der Waals surface area (Å²) in [5.41, 5.74) is 1.57. The van der Waals surface area contributed by atoms with Crippen molar-refractivity contribution in [3.8, 4) is 0 Å². The fraction of sp³-hybridized carbons (Fsp3) is 0.538. The molecule has 1 fully saturated rings. The maximum absolute atomic E-state index is 11.4. The Bertz CT molecular complexity index is 493. The Morgan fingerprint density at radius 3 is 2.53 bits per heavy atom. The second-order valence-corrected chi connectivity index (χ2v) is 6.65. The van der Waals surface area contributed by atoms with Gasteiger partial charge in [0.25, 0.3) is 0 Å². The molecule has 1 saturated heterocycles. The molecule has 0 spiro atoms. The maximum Gasteiger partial charge on any atom is 0.232 e. The molecule has 0 bridgehead atoms. The van der Waals surface area contributed by atoms with Crippen LogP contribution in [0.25, 0.3) is 0 Å². The molecular formula is C13H20N2O3S. The van der Waals surface area contributed by atoms with Gasteiger partial charge in [-0.25, -0.2) is 8.42 Å². The molecule has 1 heterocycles. The van der Waals surface area contributed by atoms with Crippen LogP contribution in [0.2, 0.25) is 0 Å². The SMILES string of the molecule is CCS(=O)(=O)Nc1ccc(NC2CCCOC2)cc1. The van der Waals surface area contributed by atoms with Gasteiger partial charge in [0.1, 0.15) is 0 Å². The fourth-order valence-electron chi connectivity index (χ4n) is 1.98. The van der Waals surface area contributed by atoms with Crippen LogP contribution in [0.4, 0.5) is 11.4 Å². The molecule has 0 saturated carbocycles. The van der Waals surface area contributed by atoms with Crippen LogP contribution < -0.4 is 10.0 Å². The average Bonchev–Trinajstić information content (AvgIpc) is 2.42. The second kappa shape index (κ2) is 6.25. The van der Waals surface area contributed by atoms with Crippen LogP contribution in [0.1, 0.15) is 19.8 Å². The highest BCUT2D eigenvalue weighted by atomic mass is 32.2. The highest BCUT2D eigenvalue weighted by Gasteiger charge is 2.13. The van der Waals surface area contributed by atoms with Gasteiger partial charge in [-0.3, -0.25) is 4.72 Å². The third-order valence-electron chi connectivity index (χ3n) is 3.07. The molecule has 19 heavy (non-hydrogen) atoms. The van der Waals surface area contributed by atoms with E-state index in [1.165, 1.54) is 0 Å². The largest absolute Gasteiger partial charge is 0.380 e. The van der Waals surface area contributed by atoms with Crippen LogP contribution in [-0.2, 0) is 14.8 Å². The molecule has 1 aromatic rings. The zero-order valence-corrected chi connectivity index (χ0v) is 11.9. The Kier molecular flexibility index (Phi) is 4.66. The van der Waals surface area contributed by atoms with Gasteiger partial charge < -0.3 is 10.1 Å². The molecule has 0 aliphatic carbocycles. The molecule has 0 aromatic heterocycles. The first-order valence-electron chi connectivity index (χ1n) is 6.54. The number of ether oxygens (including phenoxy) is 1. The zero-order valence-electron chi connectivity index (χ0n) is 11.1. The Labute approximate surface area is 114 Å². The van der Waals surface area contributed by atoms with Crippen LogP contribution in [0.15, 0.2) is 24.3 Å². The maximum atomic E-state index is 11.4. The molecule has 0 radical (unpaired) electrons. The minimum absolute atomic E-state index is 0.0758. The molecule has 2 rings (SSSR count). The van der Waals surface area contributed by atoms with Crippen molar-refractivity contribution in [2.24, 2.45) is 0 Å². The summed E-state index contributed by atoms with van der Waals surface area (Å²) in [4.78, 5) is 0. The quantitative estimate of drug-likeness (QED) is 0.868.